The number of sulfonamides is 1. The molecule has 0 bridgehead atoms. The van der Waals surface area contributed by atoms with Crippen molar-refractivity contribution in [3.05, 3.63) is 58.6 Å². The molecule has 0 unspecified atom stereocenters. The molecule has 0 saturated heterocycles. The summed E-state index contributed by atoms with van der Waals surface area (Å²) in [5, 5.41) is 3.42. The molecule has 1 amide bonds. The van der Waals surface area contributed by atoms with E-state index in [0.29, 0.717) is 35.6 Å². The number of halogens is 1. The highest BCUT2D eigenvalue weighted by molar-refractivity contribution is 7.90. The number of benzene rings is 2. The lowest BCUT2D eigenvalue weighted by atomic mass is 10.1. The highest BCUT2D eigenvalue weighted by atomic mass is 35.5. The number of amides is 1. The van der Waals surface area contributed by atoms with Crippen LogP contribution in [-0.4, -0.2) is 26.7 Å². The van der Waals surface area contributed by atoms with Gasteiger partial charge in [-0.2, -0.15) is 8.42 Å². The van der Waals surface area contributed by atoms with Crippen LogP contribution in [0.1, 0.15) is 36.7 Å². The molecule has 0 fully saturated rings. The van der Waals surface area contributed by atoms with Crippen molar-refractivity contribution in [2.75, 3.05) is 11.4 Å². The summed E-state index contributed by atoms with van der Waals surface area (Å²) in [7, 11) is -3.84. The Morgan fingerprint density at radius 3 is 2.50 bits per heavy atom. The van der Waals surface area contributed by atoms with Crippen molar-refractivity contribution in [3.8, 4) is 0 Å². The van der Waals surface area contributed by atoms with Gasteiger partial charge in [0.1, 0.15) is 10.7 Å². The van der Waals surface area contributed by atoms with E-state index in [2.05, 4.69) is 23.6 Å². The van der Waals surface area contributed by atoms with Crippen LogP contribution in [0.3, 0.4) is 0 Å². The molecule has 6 nitrogen and oxygen atoms in total. The van der Waals surface area contributed by atoms with Crippen molar-refractivity contribution in [1.82, 2.24) is 5.32 Å². The maximum atomic E-state index is 12.5. The molecule has 3 rings (SSSR count). The van der Waals surface area contributed by atoms with Crippen LogP contribution < -0.4 is 10.2 Å². The van der Waals surface area contributed by atoms with Crippen molar-refractivity contribution < 1.29 is 13.2 Å². The monoisotopic (exact) mass is 419 g/mol. The summed E-state index contributed by atoms with van der Waals surface area (Å²) in [6, 6.07) is 11.8. The molecule has 1 aliphatic heterocycles. The number of hydrogen-bond acceptors (Lipinski definition) is 4. The van der Waals surface area contributed by atoms with Gasteiger partial charge in [-0.25, -0.2) is 0 Å². The Balaban J connectivity index is 1.86. The number of carbonyl (C=O) groups excluding carboxylic acids is 1. The summed E-state index contributed by atoms with van der Waals surface area (Å²) in [4.78, 5) is 14.4. The molecule has 0 radical (unpaired) electrons. The topological polar surface area (TPSA) is 78.8 Å². The molecule has 1 aliphatic rings. The second kappa shape index (κ2) is 7.93. The van der Waals surface area contributed by atoms with Crippen LogP contribution >= 0.6 is 11.6 Å². The average molecular weight is 420 g/mol. The predicted molar refractivity (Wildman–Crippen MR) is 112 cm³/mol. The first-order valence-electron chi connectivity index (χ1n) is 8.93. The second-order valence-corrected chi connectivity index (χ2v) is 9.12. The van der Waals surface area contributed by atoms with E-state index < -0.39 is 10.0 Å². The number of nitrogens with zero attached hydrogens (tertiary/aromatic N) is 2. The van der Waals surface area contributed by atoms with Gasteiger partial charge in [-0.3, -0.25) is 4.79 Å². The SMILES string of the molecule is CC1=NS(=O)(=O)c2cc(C(=O)NCc3ccc(Cl)cc3)ccc2N1CC(C)C. The van der Waals surface area contributed by atoms with Crippen LogP contribution in [0.15, 0.2) is 51.8 Å². The van der Waals surface area contributed by atoms with Gasteiger partial charge in [0.05, 0.1) is 5.69 Å². The zero-order valence-electron chi connectivity index (χ0n) is 15.9. The van der Waals surface area contributed by atoms with Gasteiger partial charge in [0.2, 0.25) is 0 Å². The highest BCUT2D eigenvalue weighted by Gasteiger charge is 2.30. The van der Waals surface area contributed by atoms with E-state index >= 15 is 0 Å². The molecule has 8 heteroatoms. The van der Waals surface area contributed by atoms with Crippen molar-refractivity contribution in [2.24, 2.45) is 10.3 Å². The van der Waals surface area contributed by atoms with E-state index in [9.17, 15) is 13.2 Å². The molecule has 0 saturated carbocycles. The molecule has 2 aromatic rings. The fourth-order valence-corrected chi connectivity index (χ4v) is 4.40. The summed E-state index contributed by atoms with van der Waals surface area (Å²) < 4.78 is 28.9. The van der Waals surface area contributed by atoms with Crippen LogP contribution in [0.25, 0.3) is 0 Å². The summed E-state index contributed by atoms with van der Waals surface area (Å²) in [5.41, 5.74) is 1.72. The number of amidine groups is 1. The zero-order chi connectivity index (χ0) is 20.5. The molecule has 0 aliphatic carbocycles. The Bertz CT molecular complexity index is 1030. The van der Waals surface area contributed by atoms with Crippen molar-refractivity contribution in [1.29, 1.82) is 0 Å². The number of carbonyl (C=O) groups is 1. The Kier molecular flexibility index (Phi) is 5.76. The standard InChI is InChI=1S/C20H22ClN3O3S/c1-13(2)12-24-14(3)23-28(26,27)19-10-16(6-9-18(19)24)20(25)22-11-15-4-7-17(21)8-5-15/h4-10,13H,11-12H2,1-3H3,(H,22,25). The Hall–Kier alpha value is -2.38. The number of fused-ring (bicyclic) bond motifs is 1. The number of hydrogen-bond donors (Lipinski definition) is 1. The lowest BCUT2D eigenvalue weighted by Crippen LogP contribution is -2.36. The van der Waals surface area contributed by atoms with Crippen molar-refractivity contribution in [3.63, 3.8) is 0 Å². The minimum absolute atomic E-state index is 0.0536. The first kappa shape index (κ1) is 20.4. The minimum Gasteiger partial charge on any atom is -0.348 e. The number of rotatable bonds is 5. The van der Waals surface area contributed by atoms with Gasteiger partial charge >= 0.3 is 0 Å². The molecule has 148 valence electrons. The van der Waals surface area contributed by atoms with E-state index in [1.807, 2.05) is 17.0 Å². The number of anilines is 1. The van der Waals surface area contributed by atoms with Crippen LogP contribution in [-0.2, 0) is 16.6 Å². The molecule has 1 heterocycles. The van der Waals surface area contributed by atoms with E-state index in [1.165, 1.54) is 6.07 Å². The lowest BCUT2D eigenvalue weighted by Gasteiger charge is -2.30. The van der Waals surface area contributed by atoms with Gasteiger partial charge in [-0.15, -0.1) is 4.40 Å². The molecule has 0 aromatic heterocycles. The van der Waals surface area contributed by atoms with Gasteiger partial charge in [-0.1, -0.05) is 37.6 Å². The summed E-state index contributed by atoms with van der Waals surface area (Å²) in [6.07, 6.45) is 0. The van der Waals surface area contributed by atoms with Gasteiger partial charge < -0.3 is 10.2 Å². The third kappa shape index (κ3) is 4.36. The fraction of sp³-hybridized carbons (Fsp3) is 0.300. The van der Waals surface area contributed by atoms with E-state index in [0.717, 1.165) is 5.56 Å². The highest BCUT2D eigenvalue weighted by Crippen LogP contribution is 2.33. The minimum atomic E-state index is -3.84. The first-order chi connectivity index (χ1) is 13.2. The normalized spacial score (nSPS) is 15.2. The zero-order valence-corrected chi connectivity index (χ0v) is 17.5. The second-order valence-electron chi connectivity index (χ2n) is 7.11. The third-order valence-corrected chi connectivity index (χ3v) is 5.99. The summed E-state index contributed by atoms with van der Waals surface area (Å²) in [5.74, 6) is 0.400. The van der Waals surface area contributed by atoms with E-state index in [4.69, 9.17) is 11.6 Å². The number of nitrogens with one attached hydrogen (secondary N) is 1. The summed E-state index contributed by atoms with van der Waals surface area (Å²) in [6.45, 7) is 6.73. The van der Waals surface area contributed by atoms with Gasteiger partial charge in [0.15, 0.2) is 0 Å². The van der Waals surface area contributed by atoms with Crippen molar-refractivity contribution in [2.45, 2.75) is 32.2 Å². The van der Waals surface area contributed by atoms with Gasteiger partial charge in [0, 0.05) is 23.7 Å². The van der Waals surface area contributed by atoms with Crippen LogP contribution in [0.4, 0.5) is 5.69 Å². The molecule has 28 heavy (non-hydrogen) atoms. The molecular formula is C20H22ClN3O3S. The Labute approximate surface area is 170 Å². The van der Waals surface area contributed by atoms with Crippen LogP contribution in [0.2, 0.25) is 5.02 Å². The third-order valence-electron chi connectivity index (χ3n) is 4.35. The summed E-state index contributed by atoms with van der Waals surface area (Å²) >= 11 is 5.86. The van der Waals surface area contributed by atoms with Gasteiger partial charge in [-0.05, 0) is 48.7 Å². The maximum Gasteiger partial charge on any atom is 0.286 e. The molecule has 0 atom stereocenters. The van der Waals surface area contributed by atoms with E-state index in [-0.39, 0.29) is 16.4 Å². The molecule has 0 spiro atoms. The molecule has 2 aromatic carbocycles. The smallest absolute Gasteiger partial charge is 0.286 e. The predicted octanol–water partition coefficient (Wildman–Crippen LogP) is 3.85. The van der Waals surface area contributed by atoms with Crippen LogP contribution in [0, 0.1) is 5.92 Å². The first-order valence-corrected chi connectivity index (χ1v) is 10.7. The van der Waals surface area contributed by atoms with Crippen molar-refractivity contribution >= 4 is 39.1 Å². The maximum absolute atomic E-state index is 12.5. The van der Waals surface area contributed by atoms with Crippen LogP contribution in [0.5, 0.6) is 0 Å². The lowest BCUT2D eigenvalue weighted by molar-refractivity contribution is 0.0950. The Morgan fingerprint density at radius 1 is 1.18 bits per heavy atom. The Morgan fingerprint density at radius 2 is 1.86 bits per heavy atom. The molecular weight excluding hydrogens is 398 g/mol. The molecule has 1 N–H and O–H groups in total. The largest absolute Gasteiger partial charge is 0.348 e. The fourth-order valence-electron chi connectivity index (χ4n) is 3.01. The van der Waals surface area contributed by atoms with E-state index in [1.54, 1.807) is 31.2 Å². The van der Waals surface area contributed by atoms with Gasteiger partial charge in [0.25, 0.3) is 15.9 Å². The quantitative estimate of drug-likeness (QED) is 0.798. The average Bonchev–Trinajstić information content (AvgIpc) is 2.63.